The van der Waals surface area contributed by atoms with E-state index in [1.165, 1.54) is 0 Å². The molecule has 0 saturated heterocycles. The number of benzene rings is 3. The van der Waals surface area contributed by atoms with Crippen LogP contribution in [0.1, 0.15) is 61.1 Å². The van der Waals surface area contributed by atoms with Gasteiger partial charge in [-0.1, -0.05) is 61.9 Å². The van der Waals surface area contributed by atoms with E-state index in [0.717, 1.165) is 80.3 Å². The maximum Gasteiger partial charge on any atom is 0.355 e. The van der Waals surface area contributed by atoms with Crippen LogP contribution in [0.3, 0.4) is 0 Å². The molecule has 40 heavy (non-hydrogen) atoms. The zero-order valence-corrected chi connectivity index (χ0v) is 23.7. The molecule has 0 unspecified atom stereocenters. The van der Waals surface area contributed by atoms with E-state index in [-0.39, 0.29) is 14.0 Å². The third-order valence-corrected chi connectivity index (χ3v) is 7.47. The zero-order valence-electron chi connectivity index (χ0n) is 23.7. The molecule has 0 saturated carbocycles. The summed E-state index contributed by atoms with van der Waals surface area (Å²) in [5.41, 5.74) is 6.93. The van der Waals surface area contributed by atoms with Gasteiger partial charge < -0.3 is 19.6 Å². The standard InChI is InChI=1S/C33H37N3O4.H2/c1-5-11-26-30(27(20-37)36(4)35-26)29-21(3)17-18-25-24(32(34-31(25)29)33(38)39-6-2)15-10-19-40-28-16-9-13-22-12-7-8-14-23(22)28;/h7-9,12-14,16-18,34,37H,5-6,10-11,15,19-20H2,1-4H3;1H. The molecule has 2 N–H and O–H groups in total. The van der Waals surface area contributed by atoms with Gasteiger partial charge in [-0.25, -0.2) is 4.79 Å². The number of carbonyl (C=O) groups is 1. The van der Waals surface area contributed by atoms with Crippen molar-refractivity contribution in [1.82, 2.24) is 14.8 Å². The van der Waals surface area contributed by atoms with Crippen molar-refractivity contribution in [1.29, 1.82) is 0 Å². The summed E-state index contributed by atoms with van der Waals surface area (Å²) in [7, 11) is 1.86. The van der Waals surface area contributed by atoms with Crippen molar-refractivity contribution in [2.24, 2.45) is 7.05 Å². The number of esters is 1. The number of nitrogens with one attached hydrogen (secondary N) is 1. The van der Waals surface area contributed by atoms with Gasteiger partial charge in [0, 0.05) is 30.4 Å². The van der Waals surface area contributed by atoms with E-state index in [2.05, 4.69) is 49.2 Å². The van der Waals surface area contributed by atoms with Gasteiger partial charge in [-0.05, 0) is 55.7 Å². The molecule has 0 bridgehead atoms. The Morgan fingerprint density at radius 3 is 2.60 bits per heavy atom. The van der Waals surface area contributed by atoms with E-state index in [0.29, 0.717) is 25.3 Å². The van der Waals surface area contributed by atoms with Crippen LogP contribution in [0.4, 0.5) is 0 Å². The molecule has 2 heterocycles. The Labute approximate surface area is 236 Å². The highest BCUT2D eigenvalue weighted by molar-refractivity contribution is 6.05. The number of ether oxygens (including phenoxy) is 2. The lowest BCUT2D eigenvalue weighted by molar-refractivity contribution is 0.0519. The molecule has 0 atom stereocenters. The fourth-order valence-electron chi connectivity index (χ4n) is 5.64. The van der Waals surface area contributed by atoms with Gasteiger partial charge in [-0.3, -0.25) is 4.68 Å². The monoisotopic (exact) mass is 541 g/mol. The lowest BCUT2D eigenvalue weighted by Gasteiger charge is -2.11. The summed E-state index contributed by atoms with van der Waals surface area (Å²) >= 11 is 0. The Bertz CT molecular complexity index is 1670. The van der Waals surface area contributed by atoms with Crippen molar-refractivity contribution < 1.29 is 20.8 Å². The van der Waals surface area contributed by atoms with E-state index in [1.54, 1.807) is 4.68 Å². The van der Waals surface area contributed by atoms with Crippen molar-refractivity contribution in [2.45, 2.75) is 53.1 Å². The Balaban J connectivity index is 0.00000387. The maximum absolute atomic E-state index is 13.1. The quantitative estimate of drug-likeness (QED) is 0.140. The third-order valence-electron chi connectivity index (χ3n) is 7.47. The number of hydrogen-bond acceptors (Lipinski definition) is 5. The molecule has 0 aliphatic rings. The van der Waals surface area contributed by atoms with Crippen LogP contribution in [-0.4, -0.2) is 39.1 Å². The first-order valence-electron chi connectivity index (χ1n) is 14.1. The van der Waals surface area contributed by atoms with Gasteiger partial charge in [0.05, 0.1) is 36.7 Å². The molecule has 5 rings (SSSR count). The van der Waals surface area contributed by atoms with E-state index in [4.69, 9.17) is 14.6 Å². The van der Waals surface area contributed by atoms with Gasteiger partial charge in [-0.15, -0.1) is 0 Å². The molecule has 0 spiro atoms. The summed E-state index contributed by atoms with van der Waals surface area (Å²) in [5, 5.41) is 18.2. The van der Waals surface area contributed by atoms with Crippen LogP contribution in [0.5, 0.6) is 5.75 Å². The second kappa shape index (κ2) is 12.0. The summed E-state index contributed by atoms with van der Waals surface area (Å²) in [6, 6.07) is 18.4. The molecule has 2 aromatic heterocycles. The van der Waals surface area contributed by atoms with Crippen LogP contribution in [0.25, 0.3) is 32.8 Å². The molecule has 0 aliphatic heterocycles. The van der Waals surface area contributed by atoms with Crippen LogP contribution in [0.2, 0.25) is 0 Å². The molecule has 7 heteroatoms. The van der Waals surface area contributed by atoms with Crippen molar-refractivity contribution in [3.8, 4) is 16.9 Å². The average Bonchev–Trinajstić information content (AvgIpc) is 3.48. The van der Waals surface area contributed by atoms with Gasteiger partial charge in [0.2, 0.25) is 0 Å². The number of hydrogen-bond donors (Lipinski definition) is 2. The number of nitrogens with zero attached hydrogens (tertiary/aromatic N) is 2. The first-order valence-corrected chi connectivity index (χ1v) is 14.1. The highest BCUT2D eigenvalue weighted by atomic mass is 16.5. The number of aryl methyl sites for hydroxylation is 4. The second-order valence-electron chi connectivity index (χ2n) is 10.1. The van der Waals surface area contributed by atoms with E-state index < -0.39 is 0 Å². The summed E-state index contributed by atoms with van der Waals surface area (Å²) in [4.78, 5) is 16.6. The summed E-state index contributed by atoms with van der Waals surface area (Å²) in [5.74, 6) is 0.492. The van der Waals surface area contributed by atoms with Gasteiger partial charge in [0.1, 0.15) is 11.4 Å². The number of aliphatic hydroxyl groups excluding tert-OH is 1. The number of aromatic amines is 1. The molecule has 0 amide bonds. The summed E-state index contributed by atoms with van der Waals surface area (Å²) < 4.78 is 13.4. The van der Waals surface area contributed by atoms with Gasteiger partial charge >= 0.3 is 5.97 Å². The molecule has 210 valence electrons. The summed E-state index contributed by atoms with van der Waals surface area (Å²) in [6.07, 6.45) is 3.10. The number of carbonyl (C=O) groups excluding carboxylic acids is 1. The van der Waals surface area contributed by atoms with Crippen molar-refractivity contribution in [3.05, 3.63) is 82.8 Å². The Kier molecular flexibility index (Phi) is 8.21. The average molecular weight is 542 g/mol. The van der Waals surface area contributed by atoms with E-state index in [1.807, 2.05) is 38.2 Å². The third kappa shape index (κ3) is 5.09. The molecule has 7 nitrogen and oxygen atoms in total. The molecular weight excluding hydrogens is 502 g/mol. The van der Waals surface area contributed by atoms with Crippen LogP contribution in [0.15, 0.2) is 54.6 Å². The Hall–Kier alpha value is -4.10. The van der Waals surface area contributed by atoms with Crippen molar-refractivity contribution in [3.63, 3.8) is 0 Å². The van der Waals surface area contributed by atoms with Crippen LogP contribution in [-0.2, 0) is 31.2 Å². The smallest absolute Gasteiger partial charge is 0.355 e. The molecule has 0 aliphatic carbocycles. The minimum absolute atomic E-state index is 0. The molecule has 0 radical (unpaired) electrons. The highest BCUT2D eigenvalue weighted by Crippen LogP contribution is 2.39. The predicted molar refractivity (Wildman–Crippen MR) is 161 cm³/mol. The fourth-order valence-corrected chi connectivity index (χ4v) is 5.64. The van der Waals surface area contributed by atoms with Crippen molar-refractivity contribution in [2.75, 3.05) is 13.2 Å². The van der Waals surface area contributed by atoms with E-state index >= 15 is 0 Å². The van der Waals surface area contributed by atoms with Crippen LogP contribution >= 0.6 is 0 Å². The predicted octanol–water partition coefficient (Wildman–Crippen LogP) is 6.91. The highest BCUT2D eigenvalue weighted by Gasteiger charge is 2.25. The fraction of sp³-hybridized carbons (Fsp3) is 0.333. The number of aromatic nitrogens is 3. The second-order valence-corrected chi connectivity index (χ2v) is 10.1. The Morgan fingerprint density at radius 1 is 1.02 bits per heavy atom. The van der Waals surface area contributed by atoms with Gasteiger partial charge in [0.25, 0.3) is 0 Å². The number of aliphatic hydroxyl groups is 1. The topological polar surface area (TPSA) is 89.4 Å². The lowest BCUT2D eigenvalue weighted by atomic mass is 9.93. The Morgan fingerprint density at radius 2 is 1.82 bits per heavy atom. The maximum atomic E-state index is 13.1. The van der Waals surface area contributed by atoms with Gasteiger partial charge in [-0.2, -0.15) is 5.10 Å². The summed E-state index contributed by atoms with van der Waals surface area (Å²) in [6.45, 7) is 6.68. The van der Waals surface area contributed by atoms with Crippen LogP contribution in [0, 0.1) is 6.92 Å². The molecule has 0 fully saturated rings. The minimum Gasteiger partial charge on any atom is -0.493 e. The molecular formula is C33H39N3O4. The minimum atomic E-state index is -0.366. The number of fused-ring (bicyclic) bond motifs is 2. The van der Waals surface area contributed by atoms with E-state index in [9.17, 15) is 9.90 Å². The number of rotatable bonds is 11. The SMILES string of the molecule is CCCc1nn(C)c(CO)c1-c1c(C)ccc2c(CCCOc3cccc4ccccc34)c(C(=O)OCC)[nH]c12.[HH]. The normalized spacial score (nSPS) is 11.4. The largest absolute Gasteiger partial charge is 0.493 e. The number of H-pyrrole nitrogens is 1. The first kappa shape index (κ1) is 27.5. The molecule has 3 aromatic carbocycles. The zero-order chi connectivity index (χ0) is 28.2. The molecule has 5 aromatic rings. The van der Waals surface area contributed by atoms with Crippen molar-refractivity contribution >= 4 is 27.6 Å². The van der Waals surface area contributed by atoms with Crippen LogP contribution < -0.4 is 4.74 Å². The lowest BCUT2D eigenvalue weighted by Crippen LogP contribution is -2.09. The first-order chi connectivity index (χ1) is 19.5. The van der Waals surface area contributed by atoms with Gasteiger partial charge in [0.15, 0.2) is 0 Å².